The number of halogens is 4. The summed E-state index contributed by atoms with van der Waals surface area (Å²) in [5, 5.41) is 12.8. The summed E-state index contributed by atoms with van der Waals surface area (Å²) in [7, 11) is 1.92. The van der Waals surface area contributed by atoms with Crippen molar-refractivity contribution in [2.75, 3.05) is 82.8 Å². The van der Waals surface area contributed by atoms with Gasteiger partial charge in [0, 0.05) is 58.1 Å². The molecule has 0 radical (unpaired) electrons. The number of rotatable bonds is 9. The van der Waals surface area contributed by atoms with Crippen LogP contribution in [0.4, 0.5) is 28.9 Å². The topological polar surface area (TPSA) is 141 Å². The normalized spacial score (nSPS) is 16.5. The third-order valence-corrected chi connectivity index (χ3v) is 7.67. The molecule has 1 aromatic carbocycles. The fraction of sp³-hybridized carbons (Fsp3) is 0.464. The number of likely N-dealkylation sites (N-methyl/N-ethyl adjacent to an activating group) is 1. The number of amides is 2. The summed E-state index contributed by atoms with van der Waals surface area (Å²) in [4.78, 5) is 45.6. The molecule has 5 rings (SSSR count). The molecule has 3 N–H and O–H groups in total. The molecule has 13 nitrogen and oxygen atoms in total. The van der Waals surface area contributed by atoms with Crippen molar-refractivity contribution in [1.82, 2.24) is 35.1 Å². The second-order valence-electron chi connectivity index (χ2n) is 10.8. The molecular weight excluding hydrogens is 602 g/mol. The Morgan fingerprint density at radius 3 is 2.47 bits per heavy atom. The van der Waals surface area contributed by atoms with Crippen molar-refractivity contribution in [2.24, 2.45) is 0 Å². The number of ether oxygens (including phenoxy) is 1. The van der Waals surface area contributed by atoms with Gasteiger partial charge in [0.25, 0.3) is 11.8 Å². The van der Waals surface area contributed by atoms with E-state index in [4.69, 9.17) is 4.74 Å². The Hall–Kier alpha value is -4.35. The van der Waals surface area contributed by atoms with E-state index in [9.17, 15) is 27.6 Å². The number of alkyl halides is 3. The molecule has 4 heterocycles. The minimum Gasteiger partial charge on any atom is -0.379 e. The van der Waals surface area contributed by atoms with E-state index in [-0.39, 0.29) is 28.8 Å². The Morgan fingerprint density at radius 2 is 1.76 bits per heavy atom. The van der Waals surface area contributed by atoms with Gasteiger partial charge in [-0.05, 0) is 32.1 Å². The summed E-state index contributed by atoms with van der Waals surface area (Å²) in [6, 6.07) is 3.18. The van der Waals surface area contributed by atoms with Crippen LogP contribution in [-0.2, 0) is 10.9 Å². The molecule has 0 unspecified atom stereocenters. The van der Waals surface area contributed by atoms with Crippen molar-refractivity contribution < 1.29 is 31.9 Å². The van der Waals surface area contributed by atoms with Crippen LogP contribution < -0.4 is 21.1 Å². The Morgan fingerprint density at radius 1 is 1.04 bits per heavy atom. The average molecular weight is 636 g/mol. The van der Waals surface area contributed by atoms with Crippen LogP contribution in [0.2, 0.25) is 0 Å². The molecule has 45 heavy (non-hydrogen) atoms. The zero-order valence-electron chi connectivity index (χ0n) is 24.5. The number of carbonyl (C=O) groups is 2. The SMILES string of the molecule is CN1CCN(c2ccc(-n3cc(C(=O)NCCCN4CCOCC4)nn3)c(F)c2NC(=O)c2c[nH]c(=O)cc2C(F)(F)F)CC1. The van der Waals surface area contributed by atoms with E-state index in [1.54, 1.807) is 4.90 Å². The zero-order valence-corrected chi connectivity index (χ0v) is 24.5. The first-order valence-corrected chi connectivity index (χ1v) is 14.4. The van der Waals surface area contributed by atoms with E-state index >= 15 is 4.39 Å². The molecule has 3 aromatic rings. The molecule has 0 spiro atoms. The molecule has 2 amide bonds. The van der Waals surface area contributed by atoms with Gasteiger partial charge in [0.15, 0.2) is 11.5 Å². The van der Waals surface area contributed by atoms with Crippen LogP contribution in [0.15, 0.2) is 35.4 Å². The molecule has 2 saturated heterocycles. The number of morpholine rings is 1. The Labute approximate surface area is 255 Å². The van der Waals surface area contributed by atoms with Crippen LogP contribution in [0, 0.1) is 5.82 Å². The first-order chi connectivity index (χ1) is 21.5. The van der Waals surface area contributed by atoms with Gasteiger partial charge in [-0.15, -0.1) is 5.10 Å². The lowest BCUT2D eigenvalue weighted by Crippen LogP contribution is -2.44. The number of aromatic amines is 1. The number of carbonyl (C=O) groups excluding carboxylic acids is 2. The third kappa shape index (κ3) is 7.66. The second-order valence-corrected chi connectivity index (χ2v) is 10.8. The maximum atomic E-state index is 16.2. The molecular formula is C28H33F4N9O4. The Bertz CT molecular complexity index is 1580. The number of piperazine rings is 1. The van der Waals surface area contributed by atoms with E-state index in [1.807, 2.05) is 7.05 Å². The van der Waals surface area contributed by atoms with Crippen molar-refractivity contribution >= 4 is 23.2 Å². The molecule has 2 aliphatic rings. The maximum Gasteiger partial charge on any atom is 0.417 e. The highest BCUT2D eigenvalue weighted by Crippen LogP contribution is 2.35. The van der Waals surface area contributed by atoms with E-state index < -0.39 is 40.5 Å². The summed E-state index contributed by atoms with van der Waals surface area (Å²) in [6.07, 6.45) is -2.44. The maximum absolute atomic E-state index is 16.2. The summed E-state index contributed by atoms with van der Waals surface area (Å²) in [5.41, 5.74) is -3.80. The van der Waals surface area contributed by atoms with Gasteiger partial charge in [-0.2, -0.15) is 13.2 Å². The number of hydrogen-bond acceptors (Lipinski definition) is 9. The van der Waals surface area contributed by atoms with E-state index in [0.29, 0.717) is 58.6 Å². The number of aromatic nitrogens is 4. The monoisotopic (exact) mass is 635 g/mol. The number of nitrogens with one attached hydrogen (secondary N) is 3. The van der Waals surface area contributed by atoms with Gasteiger partial charge in [0.1, 0.15) is 11.4 Å². The number of H-pyrrole nitrogens is 1. The minimum atomic E-state index is -5.01. The van der Waals surface area contributed by atoms with E-state index in [2.05, 4.69) is 35.7 Å². The van der Waals surface area contributed by atoms with Gasteiger partial charge in [0.2, 0.25) is 5.56 Å². The molecule has 2 aliphatic heterocycles. The minimum absolute atomic E-state index is 0.0717. The van der Waals surface area contributed by atoms with E-state index in [0.717, 1.165) is 24.3 Å². The van der Waals surface area contributed by atoms with Gasteiger partial charge >= 0.3 is 6.18 Å². The van der Waals surface area contributed by atoms with Crippen LogP contribution in [0.25, 0.3) is 5.69 Å². The van der Waals surface area contributed by atoms with Gasteiger partial charge in [-0.25, -0.2) is 9.07 Å². The quantitative estimate of drug-likeness (QED) is 0.236. The third-order valence-electron chi connectivity index (χ3n) is 7.67. The predicted octanol–water partition coefficient (Wildman–Crippen LogP) is 1.57. The Kier molecular flexibility index (Phi) is 9.79. The van der Waals surface area contributed by atoms with Crippen molar-refractivity contribution in [3.63, 3.8) is 0 Å². The van der Waals surface area contributed by atoms with Crippen LogP contribution in [0.3, 0.4) is 0 Å². The molecule has 0 saturated carbocycles. The van der Waals surface area contributed by atoms with Crippen molar-refractivity contribution in [2.45, 2.75) is 12.6 Å². The fourth-order valence-corrected chi connectivity index (χ4v) is 5.14. The smallest absolute Gasteiger partial charge is 0.379 e. The van der Waals surface area contributed by atoms with Gasteiger partial charge < -0.3 is 30.2 Å². The lowest BCUT2D eigenvalue weighted by molar-refractivity contribution is -0.138. The predicted molar refractivity (Wildman–Crippen MR) is 155 cm³/mol. The molecule has 2 aromatic heterocycles. The standard InChI is InChI=1S/C28H33F4N9O4/c1-38-7-9-40(10-8-38)22-4-3-21(24(29)25(22)35-26(43)18-16-34-23(42)15-19(18)28(30,31)32)41-17-20(36-37-41)27(44)33-5-2-6-39-11-13-45-14-12-39/h3-4,15-17H,2,5-14H2,1H3,(H,33,44)(H,34,42)(H,35,43). The zero-order chi connectivity index (χ0) is 32.1. The van der Waals surface area contributed by atoms with Crippen molar-refractivity contribution in [3.05, 3.63) is 63.6 Å². The largest absolute Gasteiger partial charge is 0.417 e. The molecule has 242 valence electrons. The van der Waals surface area contributed by atoms with Gasteiger partial charge in [-0.3, -0.25) is 19.3 Å². The van der Waals surface area contributed by atoms with Crippen molar-refractivity contribution in [3.8, 4) is 5.69 Å². The number of pyridine rings is 1. The van der Waals surface area contributed by atoms with Crippen LogP contribution in [0.1, 0.15) is 32.8 Å². The lowest BCUT2D eigenvalue weighted by atomic mass is 10.1. The molecule has 0 bridgehead atoms. The highest BCUT2D eigenvalue weighted by Gasteiger charge is 2.36. The molecule has 17 heteroatoms. The molecule has 2 fully saturated rings. The van der Waals surface area contributed by atoms with Crippen LogP contribution in [0.5, 0.6) is 0 Å². The highest BCUT2D eigenvalue weighted by atomic mass is 19.4. The van der Waals surface area contributed by atoms with Crippen LogP contribution >= 0.6 is 0 Å². The van der Waals surface area contributed by atoms with Crippen LogP contribution in [-0.4, -0.2) is 114 Å². The second kappa shape index (κ2) is 13.7. The summed E-state index contributed by atoms with van der Waals surface area (Å²) < 4.78 is 63.6. The summed E-state index contributed by atoms with van der Waals surface area (Å²) in [5.74, 6) is -2.79. The van der Waals surface area contributed by atoms with E-state index in [1.165, 1.54) is 18.3 Å². The number of nitrogens with zero attached hydrogens (tertiary/aromatic N) is 6. The summed E-state index contributed by atoms with van der Waals surface area (Å²) in [6.45, 7) is 6.37. The first kappa shape index (κ1) is 32.1. The molecule has 0 aliphatic carbocycles. The van der Waals surface area contributed by atoms with Gasteiger partial charge in [0.05, 0.1) is 36.2 Å². The number of benzene rings is 1. The first-order valence-electron chi connectivity index (χ1n) is 14.4. The fourth-order valence-electron chi connectivity index (χ4n) is 5.14. The number of anilines is 2. The van der Waals surface area contributed by atoms with Crippen molar-refractivity contribution in [1.29, 1.82) is 0 Å². The Balaban J connectivity index is 1.38. The molecule has 0 atom stereocenters. The summed E-state index contributed by atoms with van der Waals surface area (Å²) >= 11 is 0. The average Bonchev–Trinajstić information content (AvgIpc) is 3.51. The highest BCUT2D eigenvalue weighted by molar-refractivity contribution is 6.07. The number of hydrogen-bond donors (Lipinski definition) is 3. The van der Waals surface area contributed by atoms with Gasteiger partial charge in [-0.1, -0.05) is 5.21 Å². The lowest BCUT2D eigenvalue weighted by Gasteiger charge is -2.35.